The molecule has 3 aromatic rings. The molecule has 1 aromatic heterocycles. The lowest BCUT2D eigenvalue weighted by atomic mass is 10.1. The number of carboxylic acids is 1. The van der Waals surface area contributed by atoms with Crippen molar-refractivity contribution in [3.8, 4) is 5.75 Å². The van der Waals surface area contributed by atoms with Gasteiger partial charge in [-0.2, -0.15) is 0 Å². The van der Waals surface area contributed by atoms with Crippen molar-refractivity contribution in [3.63, 3.8) is 0 Å². The van der Waals surface area contributed by atoms with Crippen LogP contribution in [0.4, 0.5) is 11.5 Å². The first-order valence-corrected chi connectivity index (χ1v) is 9.77. The van der Waals surface area contributed by atoms with E-state index in [2.05, 4.69) is 17.2 Å². The maximum atomic E-state index is 12.5. The normalized spacial score (nSPS) is 10.6. The molecule has 0 atom stereocenters. The number of methoxy groups -OCH3 is 1. The number of pyridine rings is 1. The van der Waals surface area contributed by atoms with Gasteiger partial charge in [-0.1, -0.05) is 13.3 Å². The summed E-state index contributed by atoms with van der Waals surface area (Å²) in [5.74, 6) is -0.0542. The molecule has 7 heteroatoms. The monoisotopic (exact) mass is 407 g/mol. The van der Waals surface area contributed by atoms with Gasteiger partial charge in [0.15, 0.2) is 0 Å². The second-order valence-corrected chi connectivity index (χ2v) is 7.02. The van der Waals surface area contributed by atoms with Crippen LogP contribution in [0.5, 0.6) is 5.75 Å². The Balaban J connectivity index is 1.91. The minimum atomic E-state index is -1.04. The van der Waals surface area contributed by atoms with Crippen LogP contribution in [0.15, 0.2) is 48.5 Å². The number of anilines is 2. The molecule has 0 fully saturated rings. The lowest BCUT2D eigenvalue weighted by Crippen LogP contribution is -2.20. The Hall–Kier alpha value is -3.61. The summed E-state index contributed by atoms with van der Waals surface area (Å²) < 4.78 is 5.10. The fourth-order valence-electron chi connectivity index (χ4n) is 3.12. The molecular formula is C23H25N3O4. The van der Waals surface area contributed by atoms with Gasteiger partial charge in [0.25, 0.3) is 5.91 Å². The maximum absolute atomic E-state index is 12.5. The van der Waals surface area contributed by atoms with E-state index in [1.54, 1.807) is 55.6 Å². The largest absolute Gasteiger partial charge is 0.497 e. The summed E-state index contributed by atoms with van der Waals surface area (Å²) in [6.07, 6.45) is 2.04. The predicted molar refractivity (Wildman–Crippen MR) is 118 cm³/mol. The molecule has 0 aliphatic heterocycles. The van der Waals surface area contributed by atoms with E-state index in [4.69, 9.17) is 4.74 Å². The molecule has 156 valence electrons. The van der Waals surface area contributed by atoms with Gasteiger partial charge < -0.3 is 20.1 Å². The Morgan fingerprint density at radius 2 is 1.87 bits per heavy atom. The van der Waals surface area contributed by atoms with Crippen LogP contribution in [0.3, 0.4) is 0 Å². The van der Waals surface area contributed by atoms with Gasteiger partial charge in [0.1, 0.15) is 11.6 Å². The van der Waals surface area contributed by atoms with Gasteiger partial charge in [-0.3, -0.25) is 4.79 Å². The summed E-state index contributed by atoms with van der Waals surface area (Å²) in [7, 11) is 3.46. The van der Waals surface area contributed by atoms with Gasteiger partial charge in [0, 0.05) is 30.2 Å². The quantitative estimate of drug-likeness (QED) is 0.574. The lowest BCUT2D eigenvalue weighted by Gasteiger charge is -2.19. The van der Waals surface area contributed by atoms with E-state index in [0.717, 1.165) is 19.4 Å². The fourth-order valence-corrected chi connectivity index (χ4v) is 3.12. The van der Waals surface area contributed by atoms with Crippen molar-refractivity contribution in [1.82, 2.24) is 4.98 Å². The number of aromatic nitrogens is 1. The number of aromatic carboxylic acids is 1. The number of benzene rings is 2. The zero-order valence-electron chi connectivity index (χ0n) is 17.3. The molecule has 7 nitrogen and oxygen atoms in total. The van der Waals surface area contributed by atoms with Crippen LogP contribution >= 0.6 is 0 Å². The van der Waals surface area contributed by atoms with Gasteiger partial charge in [-0.15, -0.1) is 0 Å². The van der Waals surface area contributed by atoms with E-state index in [9.17, 15) is 14.7 Å². The van der Waals surface area contributed by atoms with Crippen LogP contribution < -0.4 is 15.0 Å². The van der Waals surface area contributed by atoms with E-state index in [1.165, 1.54) is 0 Å². The van der Waals surface area contributed by atoms with Gasteiger partial charge in [-0.25, -0.2) is 9.78 Å². The Labute approximate surface area is 175 Å². The number of ether oxygens (including phenoxy) is 1. The number of hydrogen-bond acceptors (Lipinski definition) is 5. The average Bonchev–Trinajstić information content (AvgIpc) is 2.76. The van der Waals surface area contributed by atoms with Crippen LogP contribution in [0, 0.1) is 0 Å². The fraction of sp³-hybridized carbons (Fsp3) is 0.261. The number of fused-ring (bicyclic) bond motifs is 1. The number of carbonyl (C=O) groups excluding carboxylic acids is 1. The smallest absolute Gasteiger partial charge is 0.336 e. The number of amides is 1. The maximum Gasteiger partial charge on any atom is 0.336 e. The number of rotatable bonds is 8. The van der Waals surface area contributed by atoms with Crippen molar-refractivity contribution in [2.45, 2.75) is 19.8 Å². The highest BCUT2D eigenvalue weighted by Crippen LogP contribution is 2.26. The number of carboxylic acid groups (broad SMARTS) is 1. The molecule has 1 heterocycles. The van der Waals surface area contributed by atoms with Crippen molar-refractivity contribution in [2.75, 3.05) is 30.9 Å². The molecule has 30 heavy (non-hydrogen) atoms. The van der Waals surface area contributed by atoms with Crippen molar-refractivity contribution < 1.29 is 19.4 Å². The van der Waals surface area contributed by atoms with Crippen LogP contribution in [-0.4, -0.2) is 42.7 Å². The van der Waals surface area contributed by atoms with Crippen molar-refractivity contribution in [2.24, 2.45) is 0 Å². The second-order valence-electron chi connectivity index (χ2n) is 7.02. The first-order valence-electron chi connectivity index (χ1n) is 9.77. The summed E-state index contributed by atoms with van der Waals surface area (Å²) in [5, 5.41) is 13.0. The number of hydrogen-bond donors (Lipinski definition) is 2. The van der Waals surface area contributed by atoms with E-state index >= 15 is 0 Å². The number of carbonyl (C=O) groups is 2. The van der Waals surface area contributed by atoms with Crippen molar-refractivity contribution in [3.05, 3.63) is 59.7 Å². The van der Waals surface area contributed by atoms with Crippen molar-refractivity contribution >= 4 is 34.3 Å². The zero-order chi connectivity index (χ0) is 21.7. The van der Waals surface area contributed by atoms with E-state index < -0.39 is 5.97 Å². The van der Waals surface area contributed by atoms with Crippen molar-refractivity contribution in [1.29, 1.82) is 0 Å². The summed E-state index contributed by atoms with van der Waals surface area (Å²) in [4.78, 5) is 31.0. The van der Waals surface area contributed by atoms with Gasteiger partial charge in [-0.05, 0) is 55.0 Å². The Bertz CT molecular complexity index is 1060. The summed E-state index contributed by atoms with van der Waals surface area (Å²) in [5.41, 5.74) is 1.69. The summed E-state index contributed by atoms with van der Waals surface area (Å²) >= 11 is 0. The number of unbranched alkanes of at least 4 members (excludes halogenated alkanes) is 1. The Kier molecular flexibility index (Phi) is 6.51. The SMILES string of the molecule is CCCCN(C)c1cc(C(=O)O)c2cc(NC(=O)c3ccc(OC)cc3)ccc2n1. The minimum Gasteiger partial charge on any atom is -0.497 e. The van der Waals surface area contributed by atoms with Gasteiger partial charge in [0.05, 0.1) is 18.2 Å². The summed E-state index contributed by atoms with van der Waals surface area (Å²) in [6.45, 7) is 2.90. The number of nitrogens with zero attached hydrogens (tertiary/aromatic N) is 2. The minimum absolute atomic E-state index is 0.152. The highest BCUT2D eigenvalue weighted by molar-refractivity contribution is 6.08. The molecule has 0 saturated carbocycles. The zero-order valence-corrected chi connectivity index (χ0v) is 17.3. The molecule has 3 rings (SSSR count). The summed E-state index contributed by atoms with van der Waals surface area (Å²) in [6, 6.07) is 13.4. The molecule has 0 aliphatic rings. The molecule has 0 aliphatic carbocycles. The molecule has 0 saturated heterocycles. The van der Waals surface area contributed by atoms with Crippen LogP contribution in [-0.2, 0) is 0 Å². The van der Waals surface area contributed by atoms with E-state index in [-0.39, 0.29) is 11.5 Å². The first-order chi connectivity index (χ1) is 14.4. The third-order valence-corrected chi connectivity index (χ3v) is 4.87. The first kappa shape index (κ1) is 21.1. The predicted octanol–water partition coefficient (Wildman–Crippen LogP) is 4.43. The van der Waals surface area contributed by atoms with Gasteiger partial charge >= 0.3 is 5.97 Å². The van der Waals surface area contributed by atoms with Crippen LogP contribution in [0.2, 0.25) is 0 Å². The van der Waals surface area contributed by atoms with Crippen LogP contribution in [0.25, 0.3) is 10.9 Å². The third-order valence-electron chi connectivity index (χ3n) is 4.87. The second kappa shape index (κ2) is 9.26. The molecule has 1 amide bonds. The standard InChI is InChI=1S/C23H25N3O4/c1-4-5-12-26(2)21-14-19(23(28)29)18-13-16(8-11-20(18)25-21)24-22(27)15-6-9-17(30-3)10-7-15/h6-11,13-14H,4-5,12H2,1-3H3,(H,24,27)(H,28,29). The molecule has 0 spiro atoms. The molecule has 0 unspecified atom stereocenters. The third kappa shape index (κ3) is 4.68. The topological polar surface area (TPSA) is 91.8 Å². The number of nitrogens with one attached hydrogen (secondary N) is 1. The Morgan fingerprint density at radius 1 is 1.13 bits per heavy atom. The van der Waals surface area contributed by atoms with E-state index in [1.807, 2.05) is 11.9 Å². The van der Waals surface area contributed by atoms with Gasteiger partial charge in [0.2, 0.25) is 0 Å². The Morgan fingerprint density at radius 3 is 2.50 bits per heavy atom. The highest BCUT2D eigenvalue weighted by Gasteiger charge is 2.15. The molecular weight excluding hydrogens is 382 g/mol. The highest BCUT2D eigenvalue weighted by atomic mass is 16.5. The molecule has 0 bridgehead atoms. The lowest BCUT2D eigenvalue weighted by molar-refractivity contribution is 0.0698. The molecule has 0 radical (unpaired) electrons. The molecule has 2 N–H and O–H groups in total. The molecule has 2 aromatic carbocycles. The van der Waals surface area contributed by atoms with E-state index in [0.29, 0.717) is 33.7 Å². The van der Waals surface area contributed by atoms with Crippen LogP contribution in [0.1, 0.15) is 40.5 Å². The average molecular weight is 407 g/mol.